The maximum absolute atomic E-state index is 12.1. The van der Waals surface area contributed by atoms with Gasteiger partial charge in [-0.1, -0.05) is 35.9 Å². The highest BCUT2D eigenvalue weighted by atomic mass is 16.5. The van der Waals surface area contributed by atoms with E-state index in [1.54, 1.807) is 6.92 Å². The van der Waals surface area contributed by atoms with Crippen LogP contribution in [0.15, 0.2) is 42.5 Å². The van der Waals surface area contributed by atoms with E-state index < -0.39 is 6.10 Å². The van der Waals surface area contributed by atoms with Gasteiger partial charge in [0.05, 0.1) is 0 Å². The molecule has 0 saturated carbocycles. The molecule has 0 aliphatic heterocycles. The van der Waals surface area contributed by atoms with Gasteiger partial charge in [-0.3, -0.25) is 4.79 Å². The van der Waals surface area contributed by atoms with Crippen molar-refractivity contribution < 1.29 is 9.53 Å². The van der Waals surface area contributed by atoms with Crippen LogP contribution in [-0.2, 0) is 11.2 Å². The molecule has 0 fully saturated rings. The molecule has 0 aromatic heterocycles. The highest BCUT2D eigenvalue weighted by molar-refractivity contribution is 5.80. The fourth-order valence-electron chi connectivity index (χ4n) is 2.66. The summed E-state index contributed by atoms with van der Waals surface area (Å²) >= 11 is 0. The quantitative estimate of drug-likeness (QED) is 0.777. The third-order valence-electron chi connectivity index (χ3n) is 3.94. The van der Waals surface area contributed by atoms with Gasteiger partial charge < -0.3 is 10.1 Å². The number of carbonyl (C=O) groups excluding carboxylic acids is 1. The van der Waals surface area contributed by atoms with Gasteiger partial charge in [0.1, 0.15) is 5.75 Å². The Hall–Kier alpha value is -2.29. The number of hydrogen-bond donors (Lipinski definition) is 1. The summed E-state index contributed by atoms with van der Waals surface area (Å²) in [7, 11) is 0. The molecule has 0 spiro atoms. The Morgan fingerprint density at radius 2 is 1.62 bits per heavy atom. The Morgan fingerprint density at radius 3 is 2.25 bits per heavy atom. The number of amides is 1. The SMILES string of the molecule is Cc1ccc(CCCNC(=O)[C@@H](C)Oc2cc(C)cc(C)c2)cc1. The molecule has 3 heteroatoms. The summed E-state index contributed by atoms with van der Waals surface area (Å²) in [5.74, 6) is 0.674. The summed E-state index contributed by atoms with van der Waals surface area (Å²) in [6, 6.07) is 14.5. The van der Waals surface area contributed by atoms with Gasteiger partial charge in [-0.15, -0.1) is 0 Å². The molecule has 3 nitrogen and oxygen atoms in total. The van der Waals surface area contributed by atoms with Crippen molar-refractivity contribution >= 4 is 5.91 Å². The normalized spacial score (nSPS) is 11.8. The average molecular weight is 325 g/mol. The highest BCUT2D eigenvalue weighted by Gasteiger charge is 2.14. The second-order valence-corrected chi connectivity index (χ2v) is 6.46. The molecular formula is C21H27NO2. The van der Waals surface area contributed by atoms with Gasteiger partial charge in [0.25, 0.3) is 5.91 Å². The maximum Gasteiger partial charge on any atom is 0.260 e. The molecule has 1 atom stereocenters. The van der Waals surface area contributed by atoms with Gasteiger partial charge in [0.15, 0.2) is 6.10 Å². The summed E-state index contributed by atoms with van der Waals surface area (Å²) in [6.45, 7) is 8.58. The van der Waals surface area contributed by atoms with Crippen molar-refractivity contribution in [1.29, 1.82) is 0 Å². The molecule has 0 aliphatic carbocycles. The number of hydrogen-bond acceptors (Lipinski definition) is 2. The molecule has 1 amide bonds. The smallest absolute Gasteiger partial charge is 0.260 e. The standard InChI is InChI=1S/C21H27NO2/c1-15-7-9-19(10-8-15)6-5-11-22-21(23)18(4)24-20-13-16(2)12-17(3)14-20/h7-10,12-14,18H,5-6,11H2,1-4H3,(H,22,23)/t18-/m1/s1. The van der Waals surface area contributed by atoms with Crippen LogP contribution in [-0.4, -0.2) is 18.6 Å². The minimum Gasteiger partial charge on any atom is -0.481 e. The monoisotopic (exact) mass is 325 g/mol. The number of rotatable bonds is 7. The Morgan fingerprint density at radius 1 is 1.00 bits per heavy atom. The van der Waals surface area contributed by atoms with Crippen LogP contribution in [0.3, 0.4) is 0 Å². The number of carbonyl (C=O) groups is 1. The molecule has 2 aromatic carbocycles. The van der Waals surface area contributed by atoms with Crippen LogP contribution in [0.25, 0.3) is 0 Å². The van der Waals surface area contributed by atoms with E-state index in [-0.39, 0.29) is 5.91 Å². The largest absolute Gasteiger partial charge is 0.481 e. The van der Waals surface area contributed by atoms with Gasteiger partial charge in [0.2, 0.25) is 0 Å². The second kappa shape index (κ2) is 8.53. The molecule has 24 heavy (non-hydrogen) atoms. The minimum atomic E-state index is -0.495. The van der Waals surface area contributed by atoms with Crippen molar-refractivity contribution in [3.05, 3.63) is 64.7 Å². The third-order valence-corrected chi connectivity index (χ3v) is 3.94. The zero-order valence-electron chi connectivity index (χ0n) is 15.1. The molecule has 0 saturated heterocycles. The van der Waals surface area contributed by atoms with Crippen molar-refractivity contribution in [3.8, 4) is 5.75 Å². The van der Waals surface area contributed by atoms with Crippen molar-refractivity contribution in [2.24, 2.45) is 0 Å². The first kappa shape index (κ1) is 18.1. The first-order valence-electron chi connectivity index (χ1n) is 8.52. The number of nitrogens with one attached hydrogen (secondary N) is 1. The lowest BCUT2D eigenvalue weighted by Crippen LogP contribution is -2.37. The van der Waals surface area contributed by atoms with Crippen molar-refractivity contribution in [1.82, 2.24) is 5.32 Å². The van der Waals surface area contributed by atoms with Crippen molar-refractivity contribution in [2.45, 2.75) is 46.6 Å². The molecule has 0 heterocycles. The molecule has 2 rings (SSSR count). The van der Waals surface area contributed by atoms with E-state index in [2.05, 4.69) is 42.6 Å². The number of ether oxygens (including phenoxy) is 1. The van der Waals surface area contributed by atoms with Gasteiger partial charge in [0, 0.05) is 6.54 Å². The van der Waals surface area contributed by atoms with Gasteiger partial charge >= 0.3 is 0 Å². The van der Waals surface area contributed by atoms with Crippen LogP contribution in [0.2, 0.25) is 0 Å². The van der Waals surface area contributed by atoms with Crippen molar-refractivity contribution in [2.75, 3.05) is 6.54 Å². The zero-order chi connectivity index (χ0) is 17.5. The van der Waals surface area contributed by atoms with E-state index in [0.29, 0.717) is 6.54 Å². The lowest BCUT2D eigenvalue weighted by atomic mass is 10.1. The van der Waals surface area contributed by atoms with E-state index in [9.17, 15) is 4.79 Å². The summed E-state index contributed by atoms with van der Waals surface area (Å²) in [4.78, 5) is 12.1. The Bertz CT molecular complexity index is 656. The molecule has 1 N–H and O–H groups in total. The zero-order valence-corrected chi connectivity index (χ0v) is 15.1. The Labute approximate surface area is 145 Å². The van der Waals surface area contributed by atoms with E-state index in [1.165, 1.54) is 11.1 Å². The number of benzene rings is 2. The highest BCUT2D eigenvalue weighted by Crippen LogP contribution is 2.17. The predicted octanol–water partition coefficient (Wildman–Crippen LogP) is 4.13. The predicted molar refractivity (Wildman–Crippen MR) is 98.5 cm³/mol. The van der Waals surface area contributed by atoms with E-state index in [0.717, 1.165) is 29.7 Å². The Kier molecular flexibility index (Phi) is 6.42. The summed E-state index contributed by atoms with van der Waals surface area (Å²) in [5, 5.41) is 2.95. The van der Waals surface area contributed by atoms with E-state index in [1.807, 2.05) is 26.0 Å². The first-order chi connectivity index (χ1) is 11.4. The lowest BCUT2D eigenvalue weighted by molar-refractivity contribution is -0.127. The van der Waals surface area contributed by atoms with Crippen LogP contribution < -0.4 is 10.1 Å². The maximum atomic E-state index is 12.1. The molecule has 0 bridgehead atoms. The summed E-state index contributed by atoms with van der Waals surface area (Å²) in [6.07, 6.45) is 1.39. The van der Waals surface area contributed by atoms with E-state index >= 15 is 0 Å². The summed E-state index contributed by atoms with van der Waals surface area (Å²) < 4.78 is 5.75. The van der Waals surface area contributed by atoms with Crippen LogP contribution in [0.5, 0.6) is 5.75 Å². The van der Waals surface area contributed by atoms with Crippen LogP contribution in [0, 0.1) is 20.8 Å². The molecule has 2 aromatic rings. The van der Waals surface area contributed by atoms with Gasteiger partial charge in [-0.25, -0.2) is 0 Å². The van der Waals surface area contributed by atoms with Crippen LogP contribution in [0.1, 0.15) is 35.6 Å². The molecule has 0 aliphatic rings. The Balaban J connectivity index is 1.74. The first-order valence-corrected chi connectivity index (χ1v) is 8.52. The molecule has 0 radical (unpaired) electrons. The average Bonchev–Trinajstić information content (AvgIpc) is 2.52. The fourth-order valence-corrected chi connectivity index (χ4v) is 2.66. The van der Waals surface area contributed by atoms with Gasteiger partial charge in [-0.2, -0.15) is 0 Å². The molecular weight excluding hydrogens is 298 g/mol. The fraction of sp³-hybridized carbons (Fsp3) is 0.381. The minimum absolute atomic E-state index is 0.0712. The van der Waals surface area contributed by atoms with E-state index in [4.69, 9.17) is 4.74 Å². The second-order valence-electron chi connectivity index (χ2n) is 6.46. The molecule has 128 valence electrons. The van der Waals surface area contributed by atoms with Crippen LogP contribution >= 0.6 is 0 Å². The lowest BCUT2D eigenvalue weighted by Gasteiger charge is -2.15. The van der Waals surface area contributed by atoms with Crippen molar-refractivity contribution in [3.63, 3.8) is 0 Å². The number of aryl methyl sites for hydroxylation is 4. The van der Waals surface area contributed by atoms with Gasteiger partial charge in [-0.05, 0) is 69.4 Å². The third kappa shape index (κ3) is 5.73. The van der Waals surface area contributed by atoms with Crippen LogP contribution in [0.4, 0.5) is 0 Å². The topological polar surface area (TPSA) is 38.3 Å². The molecule has 0 unspecified atom stereocenters. The summed E-state index contributed by atoms with van der Waals surface area (Å²) in [5.41, 5.74) is 4.84.